The topological polar surface area (TPSA) is 6.48 Å². The summed E-state index contributed by atoms with van der Waals surface area (Å²) in [5.74, 6) is 0.364. The van der Waals surface area contributed by atoms with E-state index >= 15 is 0 Å². The van der Waals surface area contributed by atoms with Crippen LogP contribution in [-0.2, 0) is 0 Å². The Labute approximate surface area is 372 Å². The lowest BCUT2D eigenvalue weighted by molar-refractivity contribution is 0.376. The maximum Gasteiger partial charge on any atom is 0.0560 e. The van der Waals surface area contributed by atoms with E-state index in [0.717, 1.165) is 35.4 Å². The van der Waals surface area contributed by atoms with Crippen molar-refractivity contribution >= 4 is 11.3 Å². The molecule has 0 heterocycles. The predicted molar refractivity (Wildman–Crippen MR) is 270 cm³/mol. The minimum absolute atomic E-state index is 0.157. The molecule has 62 heavy (non-hydrogen) atoms. The number of hydrogen-bond donors (Lipinski definition) is 0. The second kappa shape index (κ2) is 22.4. The van der Waals surface area contributed by atoms with Gasteiger partial charge in [0, 0.05) is 34.9 Å². The second-order valence-electron chi connectivity index (χ2n) is 15.6. The van der Waals surface area contributed by atoms with E-state index in [9.17, 15) is 0 Å². The van der Waals surface area contributed by atoms with Gasteiger partial charge in [0.15, 0.2) is 0 Å². The van der Waals surface area contributed by atoms with E-state index in [1.54, 1.807) is 6.08 Å². The number of anilines is 1. The number of hydrogen-bond acceptors (Lipinski definition) is 2. The third kappa shape index (κ3) is 11.8. The standard InChI is InChI=1S/C60H60N2/c1-8-10-11-21-45-61(57-39-33-54(34-40-57)51-23-15-12-16-24-51)49(6)32-31-47(4)46(3)29-30-48(5)50(7)60(22-9-2)62(58-41-35-55(36-42-58)52-25-17-13-18-26-52)59-43-37-56(38-44-59)53-27-19-14-20-28-53/h8-37,39-41,43-45,56,58H,1,4,6,38,42H2,2-3,5,7H3/b11-10-,22-9-,32-31-,45-21+,46-29+,48-30+,60-50-. The van der Waals surface area contributed by atoms with Crippen molar-refractivity contribution in [2.45, 2.75) is 52.5 Å². The first-order valence-corrected chi connectivity index (χ1v) is 21.6. The van der Waals surface area contributed by atoms with Crippen molar-refractivity contribution < 1.29 is 0 Å². The molecule has 0 bridgehead atoms. The Bertz CT molecular complexity index is 2520. The summed E-state index contributed by atoms with van der Waals surface area (Å²) >= 11 is 0. The van der Waals surface area contributed by atoms with Crippen LogP contribution in [0.15, 0.2) is 278 Å². The van der Waals surface area contributed by atoms with Gasteiger partial charge in [-0.15, -0.1) is 0 Å². The molecule has 2 aliphatic rings. The molecule has 2 heteroatoms. The molecule has 2 unspecified atom stereocenters. The van der Waals surface area contributed by atoms with Crippen molar-refractivity contribution in [2.75, 3.05) is 4.90 Å². The van der Waals surface area contributed by atoms with Crippen LogP contribution in [0.2, 0.25) is 0 Å². The summed E-state index contributed by atoms with van der Waals surface area (Å²) in [6.07, 6.45) is 38.5. The van der Waals surface area contributed by atoms with E-state index in [4.69, 9.17) is 0 Å². The van der Waals surface area contributed by atoms with Crippen LogP contribution in [-0.4, -0.2) is 10.9 Å². The third-order valence-corrected chi connectivity index (χ3v) is 11.4. The molecule has 0 amide bonds. The highest BCUT2D eigenvalue weighted by molar-refractivity contribution is 5.75. The quantitative estimate of drug-likeness (QED) is 0.0981. The lowest BCUT2D eigenvalue weighted by Crippen LogP contribution is -2.33. The van der Waals surface area contributed by atoms with E-state index in [1.165, 1.54) is 50.4 Å². The Balaban J connectivity index is 1.24. The molecule has 4 aromatic carbocycles. The lowest BCUT2D eigenvalue weighted by atomic mass is 9.90. The van der Waals surface area contributed by atoms with E-state index in [0.29, 0.717) is 5.92 Å². The molecule has 2 aliphatic carbocycles. The second-order valence-corrected chi connectivity index (χ2v) is 15.6. The Morgan fingerprint density at radius 1 is 0.629 bits per heavy atom. The number of benzene rings is 4. The smallest absolute Gasteiger partial charge is 0.0560 e. The number of nitrogens with zero attached hydrogens (tertiary/aromatic N) is 2. The highest BCUT2D eigenvalue weighted by atomic mass is 15.2. The van der Waals surface area contributed by atoms with Gasteiger partial charge in [-0.25, -0.2) is 0 Å². The molecular formula is C60H60N2. The molecular weight excluding hydrogens is 749 g/mol. The predicted octanol–water partition coefficient (Wildman–Crippen LogP) is 16.1. The average Bonchev–Trinajstić information content (AvgIpc) is 3.33. The van der Waals surface area contributed by atoms with E-state index in [1.807, 2.05) is 42.6 Å². The highest BCUT2D eigenvalue weighted by Gasteiger charge is 2.25. The zero-order valence-electron chi connectivity index (χ0n) is 36.9. The Morgan fingerprint density at radius 3 is 1.89 bits per heavy atom. The normalized spacial score (nSPS) is 17.4. The van der Waals surface area contributed by atoms with Gasteiger partial charge >= 0.3 is 0 Å². The van der Waals surface area contributed by atoms with E-state index in [-0.39, 0.29) is 6.04 Å². The first-order valence-electron chi connectivity index (χ1n) is 21.6. The monoisotopic (exact) mass is 808 g/mol. The molecule has 0 saturated heterocycles. The maximum atomic E-state index is 4.45. The van der Waals surface area contributed by atoms with Crippen LogP contribution in [0.5, 0.6) is 0 Å². The Hall–Kier alpha value is -7.16. The van der Waals surface area contributed by atoms with Crippen molar-refractivity contribution in [3.05, 3.63) is 289 Å². The van der Waals surface area contributed by atoms with Crippen LogP contribution < -0.4 is 4.90 Å². The van der Waals surface area contributed by atoms with Gasteiger partial charge in [-0.1, -0.05) is 196 Å². The fourth-order valence-corrected chi connectivity index (χ4v) is 7.60. The summed E-state index contributed by atoms with van der Waals surface area (Å²) < 4.78 is 0. The molecule has 0 N–H and O–H groups in total. The summed E-state index contributed by atoms with van der Waals surface area (Å²) in [5, 5.41) is 0. The summed E-state index contributed by atoms with van der Waals surface area (Å²) in [6, 6.07) is 40.6. The molecule has 0 aromatic heterocycles. The Morgan fingerprint density at radius 2 is 1.27 bits per heavy atom. The summed E-state index contributed by atoms with van der Waals surface area (Å²) in [4.78, 5) is 4.61. The minimum Gasteiger partial charge on any atom is -0.334 e. The van der Waals surface area contributed by atoms with Crippen molar-refractivity contribution in [2.24, 2.45) is 0 Å². The van der Waals surface area contributed by atoms with Gasteiger partial charge in [-0.3, -0.25) is 0 Å². The van der Waals surface area contributed by atoms with Gasteiger partial charge in [0.05, 0.1) is 6.04 Å². The van der Waals surface area contributed by atoms with Gasteiger partial charge in [-0.05, 0) is 127 Å². The summed E-state index contributed by atoms with van der Waals surface area (Å²) in [7, 11) is 0. The lowest BCUT2D eigenvalue weighted by Gasteiger charge is -2.37. The van der Waals surface area contributed by atoms with Crippen molar-refractivity contribution in [1.29, 1.82) is 0 Å². The molecule has 2 atom stereocenters. The molecule has 310 valence electrons. The van der Waals surface area contributed by atoms with Gasteiger partial charge in [0.1, 0.15) is 0 Å². The zero-order chi connectivity index (χ0) is 43.7. The highest BCUT2D eigenvalue weighted by Crippen LogP contribution is 2.36. The average molecular weight is 809 g/mol. The molecule has 0 spiro atoms. The largest absolute Gasteiger partial charge is 0.334 e. The molecule has 6 rings (SSSR count). The fourth-order valence-electron chi connectivity index (χ4n) is 7.60. The van der Waals surface area contributed by atoms with Crippen LogP contribution in [0.3, 0.4) is 0 Å². The number of allylic oxidation sites excluding steroid dienone is 19. The number of rotatable bonds is 17. The van der Waals surface area contributed by atoms with Crippen LogP contribution in [0, 0.1) is 0 Å². The van der Waals surface area contributed by atoms with Crippen LogP contribution in [0.4, 0.5) is 5.69 Å². The third-order valence-electron chi connectivity index (χ3n) is 11.4. The van der Waals surface area contributed by atoms with Crippen LogP contribution in [0.1, 0.15) is 57.6 Å². The van der Waals surface area contributed by atoms with Gasteiger partial charge < -0.3 is 9.80 Å². The molecule has 0 fully saturated rings. The molecule has 2 nitrogen and oxygen atoms in total. The van der Waals surface area contributed by atoms with Crippen molar-refractivity contribution in [1.82, 2.24) is 4.90 Å². The van der Waals surface area contributed by atoms with E-state index < -0.39 is 0 Å². The molecule has 0 aliphatic heterocycles. The van der Waals surface area contributed by atoms with Crippen LogP contribution >= 0.6 is 0 Å². The van der Waals surface area contributed by atoms with Crippen molar-refractivity contribution in [3.63, 3.8) is 0 Å². The Kier molecular flexibility index (Phi) is 16.1. The van der Waals surface area contributed by atoms with Gasteiger partial charge in [0.25, 0.3) is 0 Å². The first kappa shape index (κ1) is 44.4. The fraction of sp³-hybridized carbons (Fsp3) is 0.133. The maximum absolute atomic E-state index is 4.45. The van der Waals surface area contributed by atoms with Crippen molar-refractivity contribution in [3.8, 4) is 11.1 Å². The van der Waals surface area contributed by atoms with Gasteiger partial charge in [-0.2, -0.15) is 0 Å². The molecule has 0 saturated carbocycles. The SMILES string of the molecule is C=C/C=C\C=C\N(C(=C)/C=C\C(=C)/C(C)=C/C=C(C)/C(C)=C(/C=C\C)N(C1=CCC(c2ccccc2)C=C1)C1C=CC(c2ccccc2)=CC1)c1ccc(-c2ccccc2)cc1. The summed E-state index contributed by atoms with van der Waals surface area (Å²) in [6.45, 7) is 21.3. The van der Waals surface area contributed by atoms with Gasteiger partial charge in [0.2, 0.25) is 0 Å². The first-order chi connectivity index (χ1) is 30.3. The van der Waals surface area contributed by atoms with E-state index in [2.05, 4.69) is 227 Å². The molecule has 0 radical (unpaired) electrons. The molecule has 4 aromatic rings. The minimum atomic E-state index is 0.157. The zero-order valence-corrected chi connectivity index (χ0v) is 36.9. The summed E-state index contributed by atoms with van der Waals surface area (Å²) in [5.41, 5.74) is 14.9. The van der Waals surface area contributed by atoms with Crippen LogP contribution in [0.25, 0.3) is 16.7 Å².